The SMILES string of the molecule is CC(Nc1ncnc(N)c1Cl)c1nc2cccc(Cl)c2c(=O)n1-c1cnc(N)cn1. The van der Waals surface area contributed by atoms with Crippen molar-refractivity contribution in [1.82, 2.24) is 29.5 Å². The lowest BCUT2D eigenvalue weighted by molar-refractivity contribution is 0.719. The van der Waals surface area contributed by atoms with Crippen molar-refractivity contribution in [2.45, 2.75) is 13.0 Å². The molecule has 0 amide bonds. The van der Waals surface area contributed by atoms with Gasteiger partial charge >= 0.3 is 0 Å². The summed E-state index contributed by atoms with van der Waals surface area (Å²) in [5.74, 6) is 1.21. The summed E-state index contributed by atoms with van der Waals surface area (Å²) in [4.78, 5) is 34.2. The number of hydrogen-bond donors (Lipinski definition) is 3. The topological polar surface area (TPSA) is 151 Å². The quantitative estimate of drug-likeness (QED) is 0.431. The second-order valence-electron chi connectivity index (χ2n) is 6.33. The van der Waals surface area contributed by atoms with Gasteiger partial charge in [-0.3, -0.25) is 4.79 Å². The summed E-state index contributed by atoms with van der Waals surface area (Å²) in [6, 6.07) is 4.51. The van der Waals surface area contributed by atoms with Gasteiger partial charge in [-0.15, -0.1) is 0 Å². The van der Waals surface area contributed by atoms with E-state index in [1.807, 2.05) is 0 Å². The molecule has 0 saturated heterocycles. The van der Waals surface area contributed by atoms with Gasteiger partial charge in [-0.1, -0.05) is 29.3 Å². The molecule has 0 aliphatic carbocycles. The smallest absolute Gasteiger partial charge is 0.268 e. The molecule has 0 aliphatic heterocycles. The molecule has 4 aromatic rings. The number of nitrogens with one attached hydrogen (secondary N) is 1. The summed E-state index contributed by atoms with van der Waals surface area (Å²) in [6.45, 7) is 1.79. The minimum Gasteiger partial charge on any atom is -0.382 e. The third kappa shape index (κ3) is 3.46. The monoisotopic (exact) mass is 443 g/mol. The molecule has 0 fully saturated rings. The normalized spacial score (nSPS) is 12.1. The van der Waals surface area contributed by atoms with Crippen molar-refractivity contribution in [1.29, 1.82) is 0 Å². The van der Waals surface area contributed by atoms with Crippen molar-refractivity contribution in [3.8, 4) is 5.82 Å². The number of aromatic nitrogens is 6. The molecule has 1 unspecified atom stereocenters. The number of halogens is 2. The average molecular weight is 444 g/mol. The molecule has 5 N–H and O–H groups in total. The van der Waals surface area contributed by atoms with Crippen molar-refractivity contribution in [2.24, 2.45) is 0 Å². The molecule has 0 saturated carbocycles. The van der Waals surface area contributed by atoms with Crippen LogP contribution in [0.3, 0.4) is 0 Å². The van der Waals surface area contributed by atoms with E-state index in [4.69, 9.17) is 34.7 Å². The predicted molar refractivity (Wildman–Crippen MR) is 116 cm³/mol. The largest absolute Gasteiger partial charge is 0.382 e. The lowest BCUT2D eigenvalue weighted by Crippen LogP contribution is -2.28. The molecular weight excluding hydrogens is 429 g/mol. The fourth-order valence-corrected chi connectivity index (χ4v) is 3.32. The number of nitrogens with two attached hydrogens (primary N) is 2. The van der Waals surface area contributed by atoms with Crippen LogP contribution in [0.4, 0.5) is 17.5 Å². The van der Waals surface area contributed by atoms with Crippen LogP contribution in [0.5, 0.6) is 0 Å². The molecule has 1 atom stereocenters. The summed E-state index contributed by atoms with van der Waals surface area (Å²) < 4.78 is 1.32. The first-order chi connectivity index (χ1) is 14.4. The van der Waals surface area contributed by atoms with E-state index in [0.717, 1.165) is 0 Å². The Bertz CT molecular complexity index is 1310. The highest BCUT2D eigenvalue weighted by Crippen LogP contribution is 2.28. The van der Waals surface area contributed by atoms with E-state index in [2.05, 4.69) is 30.2 Å². The number of anilines is 3. The number of fused-ring (bicyclic) bond motifs is 1. The molecule has 4 rings (SSSR count). The Kier molecular flexibility index (Phi) is 5.10. The molecule has 0 spiro atoms. The molecule has 12 heteroatoms. The molecule has 0 bridgehead atoms. The van der Waals surface area contributed by atoms with Gasteiger partial charge in [-0.2, -0.15) is 0 Å². The van der Waals surface area contributed by atoms with Gasteiger partial charge in [0.1, 0.15) is 28.8 Å². The zero-order valence-corrected chi connectivity index (χ0v) is 17.1. The molecule has 30 heavy (non-hydrogen) atoms. The number of nitrogen functional groups attached to an aromatic ring is 2. The van der Waals surface area contributed by atoms with Gasteiger partial charge in [0, 0.05) is 0 Å². The maximum Gasteiger partial charge on any atom is 0.268 e. The van der Waals surface area contributed by atoms with Crippen LogP contribution in [0.2, 0.25) is 10.0 Å². The zero-order chi connectivity index (χ0) is 21.4. The van der Waals surface area contributed by atoms with Crippen LogP contribution in [0.15, 0.2) is 41.7 Å². The van der Waals surface area contributed by atoms with Crippen LogP contribution >= 0.6 is 23.2 Å². The number of benzene rings is 1. The Labute approximate surface area is 179 Å². The Morgan fingerprint density at radius 3 is 2.63 bits per heavy atom. The van der Waals surface area contributed by atoms with E-state index >= 15 is 0 Å². The van der Waals surface area contributed by atoms with Gasteiger partial charge in [0.2, 0.25) is 0 Å². The molecule has 3 aromatic heterocycles. The lowest BCUT2D eigenvalue weighted by atomic mass is 10.2. The van der Waals surface area contributed by atoms with Gasteiger partial charge in [-0.25, -0.2) is 29.5 Å². The Morgan fingerprint density at radius 2 is 1.90 bits per heavy atom. The van der Waals surface area contributed by atoms with E-state index in [1.54, 1.807) is 25.1 Å². The fourth-order valence-electron chi connectivity index (χ4n) is 2.92. The summed E-state index contributed by atoms with van der Waals surface area (Å²) in [6.07, 6.45) is 4.01. The van der Waals surface area contributed by atoms with E-state index in [1.165, 1.54) is 23.3 Å². The summed E-state index contributed by atoms with van der Waals surface area (Å²) in [7, 11) is 0. The molecule has 0 aliphatic rings. The van der Waals surface area contributed by atoms with Crippen LogP contribution in [-0.2, 0) is 0 Å². The minimum absolute atomic E-state index is 0.126. The first kappa shape index (κ1) is 19.8. The number of rotatable bonds is 4. The standard InChI is InChI=1S/C18H15Cl2N9O/c1-8(27-16-14(20)15(22)25-7-26-16)17-28-10-4-2-3-9(19)13(10)18(30)29(17)12-6-23-11(21)5-24-12/h2-8H,1H3,(H2,21,23)(H3,22,25,26,27). The highest BCUT2D eigenvalue weighted by atomic mass is 35.5. The third-order valence-electron chi connectivity index (χ3n) is 4.32. The van der Waals surface area contributed by atoms with Gasteiger partial charge in [0.25, 0.3) is 5.56 Å². The van der Waals surface area contributed by atoms with Crippen molar-refractivity contribution in [3.63, 3.8) is 0 Å². The summed E-state index contributed by atoms with van der Waals surface area (Å²) in [5, 5.41) is 3.81. The summed E-state index contributed by atoms with van der Waals surface area (Å²) in [5.41, 5.74) is 11.4. The van der Waals surface area contributed by atoms with Crippen LogP contribution in [0.25, 0.3) is 16.7 Å². The highest BCUT2D eigenvalue weighted by molar-refractivity contribution is 6.35. The molecule has 152 valence electrons. The zero-order valence-electron chi connectivity index (χ0n) is 15.5. The molecule has 10 nitrogen and oxygen atoms in total. The van der Waals surface area contributed by atoms with Crippen molar-refractivity contribution in [2.75, 3.05) is 16.8 Å². The van der Waals surface area contributed by atoms with Crippen LogP contribution in [0.1, 0.15) is 18.8 Å². The first-order valence-corrected chi connectivity index (χ1v) is 9.44. The fraction of sp³-hybridized carbons (Fsp3) is 0.111. The highest BCUT2D eigenvalue weighted by Gasteiger charge is 2.21. The molecule has 1 aromatic carbocycles. The second-order valence-corrected chi connectivity index (χ2v) is 7.12. The van der Waals surface area contributed by atoms with Gasteiger partial charge in [0.15, 0.2) is 11.6 Å². The Balaban J connectivity index is 1.93. The first-order valence-electron chi connectivity index (χ1n) is 8.68. The maximum atomic E-state index is 13.4. The second kappa shape index (κ2) is 7.73. The predicted octanol–water partition coefficient (Wildman–Crippen LogP) is 2.61. The summed E-state index contributed by atoms with van der Waals surface area (Å²) >= 11 is 12.5. The van der Waals surface area contributed by atoms with E-state index in [0.29, 0.717) is 17.2 Å². The van der Waals surface area contributed by atoms with E-state index < -0.39 is 11.6 Å². The van der Waals surface area contributed by atoms with E-state index in [-0.39, 0.29) is 32.9 Å². The number of nitrogens with zero attached hydrogens (tertiary/aromatic N) is 6. The minimum atomic E-state index is -0.535. The molecule has 0 radical (unpaired) electrons. The van der Waals surface area contributed by atoms with Crippen molar-refractivity contribution in [3.05, 3.63) is 63.1 Å². The molecular formula is C18H15Cl2N9O. The van der Waals surface area contributed by atoms with Gasteiger partial charge in [0.05, 0.1) is 34.4 Å². The average Bonchev–Trinajstić information content (AvgIpc) is 2.72. The van der Waals surface area contributed by atoms with E-state index in [9.17, 15) is 4.79 Å². The Hall–Kier alpha value is -3.50. The van der Waals surface area contributed by atoms with Crippen LogP contribution in [0, 0.1) is 0 Å². The van der Waals surface area contributed by atoms with Crippen LogP contribution < -0.4 is 22.3 Å². The Morgan fingerprint density at radius 1 is 1.10 bits per heavy atom. The van der Waals surface area contributed by atoms with Gasteiger partial charge in [-0.05, 0) is 19.1 Å². The van der Waals surface area contributed by atoms with Crippen molar-refractivity contribution < 1.29 is 0 Å². The third-order valence-corrected chi connectivity index (χ3v) is 5.00. The maximum absolute atomic E-state index is 13.4. The van der Waals surface area contributed by atoms with Crippen LogP contribution in [-0.4, -0.2) is 29.5 Å². The number of hydrogen-bond acceptors (Lipinski definition) is 9. The van der Waals surface area contributed by atoms with Crippen molar-refractivity contribution >= 4 is 51.6 Å². The van der Waals surface area contributed by atoms with Gasteiger partial charge < -0.3 is 16.8 Å². The lowest BCUT2D eigenvalue weighted by Gasteiger charge is -2.20. The molecule has 3 heterocycles.